The average molecular weight is 456 g/mol. The number of carbonyl (C=O) groups excluding carboxylic acids is 1. The molecule has 0 aromatic heterocycles. The standard InChI is InChI=1S/C18H21FN4O.HI/c1-13(14-7-4-3-5-8-14)22-18(20-2)21-12-17(24)23-16-10-6-9-15(19)11-16;/h3-11,13H,12H2,1-2H3,(H,23,24)(H2,20,21,22);1H. The molecule has 134 valence electrons. The Balaban J connectivity index is 0.00000312. The first kappa shape index (κ1) is 20.9. The first-order chi connectivity index (χ1) is 11.6. The molecule has 0 heterocycles. The number of aliphatic imine (C=N–C) groups is 1. The van der Waals surface area contributed by atoms with Crippen LogP contribution in [-0.2, 0) is 4.79 Å². The summed E-state index contributed by atoms with van der Waals surface area (Å²) in [5, 5.41) is 8.77. The van der Waals surface area contributed by atoms with Crippen LogP contribution in [0.4, 0.5) is 10.1 Å². The fourth-order valence-corrected chi connectivity index (χ4v) is 2.16. The molecule has 0 aliphatic carbocycles. The van der Waals surface area contributed by atoms with Gasteiger partial charge in [0.1, 0.15) is 5.82 Å². The van der Waals surface area contributed by atoms with Gasteiger partial charge in [0.25, 0.3) is 0 Å². The summed E-state index contributed by atoms with van der Waals surface area (Å²) in [5.74, 6) is -0.161. The molecule has 0 bridgehead atoms. The van der Waals surface area contributed by atoms with E-state index < -0.39 is 5.82 Å². The molecule has 0 radical (unpaired) electrons. The minimum atomic E-state index is -0.394. The van der Waals surface area contributed by atoms with Crippen LogP contribution in [0.1, 0.15) is 18.5 Å². The van der Waals surface area contributed by atoms with E-state index in [1.165, 1.54) is 12.1 Å². The molecule has 1 amide bonds. The van der Waals surface area contributed by atoms with Crippen LogP contribution in [0, 0.1) is 5.82 Å². The SMILES string of the molecule is CN=C(NCC(=O)Nc1cccc(F)c1)NC(C)c1ccccc1.I. The van der Waals surface area contributed by atoms with Gasteiger partial charge in [-0.05, 0) is 30.7 Å². The maximum atomic E-state index is 13.1. The van der Waals surface area contributed by atoms with Gasteiger partial charge in [0.15, 0.2) is 5.96 Å². The van der Waals surface area contributed by atoms with Crippen LogP contribution in [0.25, 0.3) is 0 Å². The number of rotatable bonds is 5. The Morgan fingerprint density at radius 3 is 2.52 bits per heavy atom. The molecule has 1 unspecified atom stereocenters. The zero-order chi connectivity index (χ0) is 17.4. The van der Waals surface area contributed by atoms with E-state index in [2.05, 4.69) is 20.9 Å². The first-order valence-corrected chi connectivity index (χ1v) is 7.66. The number of halogens is 2. The van der Waals surface area contributed by atoms with Crippen LogP contribution in [0.3, 0.4) is 0 Å². The van der Waals surface area contributed by atoms with Gasteiger partial charge >= 0.3 is 0 Å². The quantitative estimate of drug-likeness (QED) is 0.368. The predicted octanol–water partition coefficient (Wildman–Crippen LogP) is 3.31. The molecule has 1 atom stereocenters. The Kier molecular flexibility index (Phi) is 8.90. The highest BCUT2D eigenvalue weighted by atomic mass is 127. The van der Waals surface area contributed by atoms with Crippen molar-refractivity contribution in [2.75, 3.05) is 18.9 Å². The summed E-state index contributed by atoms with van der Waals surface area (Å²) >= 11 is 0. The molecule has 2 aromatic rings. The maximum absolute atomic E-state index is 13.1. The molecule has 0 fully saturated rings. The van der Waals surface area contributed by atoms with Gasteiger partial charge in [0.2, 0.25) is 5.91 Å². The Bertz CT molecular complexity index is 709. The lowest BCUT2D eigenvalue weighted by atomic mass is 10.1. The van der Waals surface area contributed by atoms with E-state index in [-0.39, 0.29) is 42.5 Å². The summed E-state index contributed by atoms with van der Waals surface area (Å²) in [5.41, 5.74) is 1.53. The fourth-order valence-electron chi connectivity index (χ4n) is 2.16. The number of hydrogen-bond acceptors (Lipinski definition) is 2. The van der Waals surface area contributed by atoms with Gasteiger partial charge in [-0.3, -0.25) is 9.79 Å². The van der Waals surface area contributed by atoms with Gasteiger partial charge in [0, 0.05) is 12.7 Å². The zero-order valence-corrected chi connectivity index (χ0v) is 16.5. The number of guanidine groups is 1. The third-order valence-corrected chi connectivity index (χ3v) is 3.40. The second kappa shape index (κ2) is 10.7. The smallest absolute Gasteiger partial charge is 0.243 e. The lowest BCUT2D eigenvalue weighted by molar-refractivity contribution is -0.115. The molecule has 2 rings (SSSR count). The number of amides is 1. The molecule has 3 N–H and O–H groups in total. The van der Waals surface area contributed by atoms with Crippen molar-refractivity contribution in [1.82, 2.24) is 10.6 Å². The number of anilines is 1. The van der Waals surface area contributed by atoms with E-state index >= 15 is 0 Å². The monoisotopic (exact) mass is 456 g/mol. The Morgan fingerprint density at radius 2 is 1.88 bits per heavy atom. The van der Waals surface area contributed by atoms with Crippen molar-refractivity contribution in [3.05, 3.63) is 66.0 Å². The Morgan fingerprint density at radius 1 is 1.16 bits per heavy atom. The van der Waals surface area contributed by atoms with Gasteiger partial charge in [-0.1, -0.05) is 36.4 Å². The van der Waals surface area contributed by atoms with E-state index in [1.54, 1.807) is 19.2 Å². The van der Waals surface area contributed by atoms with Gasteiger partial charge in [0.05, 0.1) is 12.6 Å². The summed E-state index contributed by atoms with van der Waals surface area (Å²) in [6.07, 6.45) is 0. The van der Waals surface area contributed by atoms with Crippen molar-refractivity contribution in [3.8, 4) is 0 Å². The number of carbonyl (C=O) groups is 1. The van der Waals surface area contributed by atoms with Crippen molar-refractivity contribution >= 4 is 41.5 Å². The largest absolute Gasteiger partial charge is 0.350 e. The van der Waals surface area contributed by atoms with Crippen molar-refractivity contribution in [3.63, 3.8) is 0 Å². The predicted molar refractivity (Wildman–Crippen MR) is 110 cm³/mol. The van der Waals surface area contributed by atoms with Crippen LogP contribution in [-0.4, -0.2) is 25.5 Å². The Labute approximate surface area is 164 Å². The fraction of sp³-hybridized carbons (Fsp3) is 0.222. The number of nitrogens with one attached hydrogen (secondary N) is 3. The second-order valence-electron chi connectivity index (χ2n) is 5.26. The summed E-state index contributed by atoms with van der Waals surface area (Å²) in [6, 6.07) is 15.7. The molecule has 0 aliphatic heterocycles. The lowest BCUT2D eigenvalue weighted by Crippen LogP contribution is -2.42. The molecule has 2 aromatic carbocycles. The third-order valence-electron chi connectivity index (χ3n) is 3.40. The molecule has 0 spiro atoms. The highest BCUT2D eigenvalue weighted by Gasteiger charge is 2.09. The molecule has 0 saturated heterocycles. The van der Waals surface area contributed by atoms with Crippen LogP contribution >= 0.6 is 24.0 Å². The minimum absolute atomic E-state index is 0. The third kappa shape index (κ3) is 7.08. The zero-order valence-electron chi connectivity index (χ0n) is 14.1. The molecule has 25 heavy (non-hydrogen) atoms. The first-order valence-electron chi connectivity index (χ1n) is 7.66. The lowest BCUT2D eigenvalue weighted by Gasteiger charge is -2.18. The second-order valence-corrected chi connectivity index (χ2v) is 5.26. The van der Waals surface area contributed by atoms with E-state index in [0.717, 1.165) is 5.56 Å². The number of hydrogen-bond donors (Lipinski definition) is 3. The molecule has 7 heteroatoms. The molecule has 0 aliphatic rings. The summed E-state index contributed by atoms with van der Waals surface area (Å²) < 4.78 is 13.1. The average Bonchev–Trinajstić information content (AvgIpc) is 2.59. The van der Waals surface area contributed by atoms with E-state index in [4.69, 9.17) is 0 Å². The van der Waals surface area contributed by atoms with Gasteiger partial charge < -0.3 is 16.0 Å². The van der Waals surface area contributed by atoms with Crippen molar-refractivity contribution < 1.29 is 9.18 Å². The van der Waals surface area contributed by atoms with Crippen molar-refractivity contribution in [1.29, 1.82) is 0 Å². The highest BCUT2D eigenvalue weighted by Crippen LogP contribution is 2.11. The van der Waals surface area contributed by atoms with Crippen LogP contribution in [0.2, 0.25) is 0 Å². The van der Waals surface area contributed by atoms with Crippen molar-refractivity contribution in [2.45, 2.75) is 13.0 Å². The summed E-state index contributed by atoms with van der Waals surface area (Å²) in [4.78, 5) is 16.0. The van der Waals surface area contributed by atoms with Crippen LogP contribution in [0.5, 0.6) is 0 Å². The van der Waals surface area contributed by atoms with E-state index in [9.17, 15) is 9.18 Å². The Hall–Kier alpha value is -2.16. The molecule has 5 nitrogen and oxygen atoms in total. The van der Waals surface area contributed by atoms with Crippen molar-refractivity contribution in [2.24, 2.45) is 4.99 Å². The summed E-state index contributed by atoms with van der Waals surface area (Å²) in [7, 11) is 1.64. The van der Waals surface area contributed by atoms with Gasteiger partial charge in [-0.2, -0.15) is 0 Å². The van der Waals surface area contributed by atoms with Gasteiger partial charge in [-0.15, -0.1) is 24.0 Å². The number of benzene rings is 2. The van der Waals surface area contributed by atoms with E-state index in [0.29, 0.717) is 11.6 Å². The molecular weight excluding hydrogens is 434 g/mol. The van der Waals surface area contributed by atoms with E-state index in [1.807, 2.05) is 37.3 Å². The number of nitrogens with zero attached hydrogens (tertiary/aromatic N) is 1. The van der Waals surface area contributed by atoms with Crippen LogP contribution < -0.4 is 16.0 Å². The highest BCUT2D eigenvalue weighted by molar-refractivity contribution is 14.0. The van der Waals surface area contributed by atoms with Crippen LogP contribution in [0.15, 0.2) is 59.6 Å². The normalized spacial score (nSPS) is 11.9. The summed E-state index contributed by atoms with van der Waals surface area (Å²) in [6.45, 7) is 2.03. The van der Waals surface area contributed by atoms with Gasteiger partial charge in [-0.25, -0.2) is 4.39 Å². The molecule has 0 saturated carbocycles. The minimum Gasteiger partial charge on any atom is -0.350 e. The maximum Gasteiger partial charge on any atom is 0.243 e. The topological polar surface area (TPSA) is 65.5 Å². The molecular formula is C18H22FIN4O.